The molecular weight excluding hydrogens is 486 g/mol. The van der Waals surface area contributed by atoms with Crippen molar-refractivity contribution in [1.82, 2.24) is 0 Å². The van der Waals surface area contributed by atoms with E-state index in [0.29, 0.717) is 12.4 Å². The highest BCUT2D eigenvalue weighted by Gasteiger charge is 2.22. The molecule has 2 aromatic carbocycles. The van der Waals surface area contributed by atoms with Gasteiger partial charge in [-0.2, -0.15) is 4.39 Å². The number of halogens is 2. The van der Waals surface area contributed by atoms with Crippen molar-refractivity contribution in [3.63, 3.8) is 0 Å². The van der Waals surface area contributed by atoms with Crippen molar-refractivity contribution in [1.29, 1.82) is 0 Å². The summed E-state index contributed by atoms with van der Waals surface area (Å²) < 4.78 is 46.0. The minimum atomic E-state index is -1.26. The lowest BCUT2D eigenvalue weighted by Crippen LogP contribution is -2.16. The maximum absolute atomic E-state index is 14.6. The third kappa shape index (κ3) is 10.3. The smallest absolute Gasteiger partial charge is 0.346 e. The van der Waals surface area contributed by atoms with Gasteiger partial charge < -0.3 is 14.2 Å². The van der Waals surface area contributed by atoms with E-state index in [0.717, 1.165) is 57.3 Å². The van der Waals surface area contributed by atoms with E-state index in [1.54, 1.807) is 24.3 Å². The molecule has 1 unspecified atom stereocenters. The van der Waals surface area contributed by atoms with Crippen molar-refractivity contribution >= 4 is 5.97 Å². The molecule has 0 heterocycles. The van der Waals surface area contributed by atoms with Gasteiger partial charge in [-0.3, -0.25) is 0 Å². The van der Waals surface area contributed by atoms with Crippen LogP contribution in [0.3, 0.4) is 0 Å². The molecule has 1 atom stereocenters. The second-order valence-corrected chi connectivity index (χ2v) is 10.5. The van der Waals surface area contributed by atoms with Crippen molar-refractivity contribution in [2.75, 3.05) is 6.61 Å². The van der Waals surface area contributed by atoms with Crippen LogP contribution in [0.15, 0.2) is 36.4 Å². The zero-order valence-corrected chi connectivity index (χ0v) is 23.1. The van der Waals surface area contributed by atoms with Crippen LogP contribution in [-0.4, -0.2) is 18.7 Å². The summed E-state index contributed by atoms with van der Waals surface area (Å²) in [5.74, 6) is -1.66. The fraction of sp³-hybridized carbons (Fsp3) is 0.594. The molecule has 0 bridgehead atoms. The number of rotatable bonds is 19. The highest BCUT2D eigenvalue weighted by Crippen LogP contribution is 2.34. The van der Waals surface area contributed by atoms with Crippen LogP contribution in [0.25, 0.3) is 0 Å². The lowest BCUT2D eigenvalue weighted by Gasteiger charge is -2.18. The first kappa shape index (κ1) is 29.9. The first-order valence-electron chi connectivity index (χ1n) is 14.6. The summed E-state index contributed by atoms with van der Waals surface area (Å²) in [6.07, 6.45) is 16.3. The van der Waals surface area contributed by atoms with Crippen LogP contribution in [0.5, 0.6) is 17.2 Å². The topological polar surface area (TPSA) is 44.8 Å². The molecule has 0 N–H and O–H groups in total. The summed E-state index contributed by atoms with van der Waals surface area (Å²) in [6, 6.07) is 9.12. The van der Waals surface area contributed by atoms with Crippen LogP contribution in [0, 0.1) is 17.6 Å². The quantitative estimate of drug-likeness (QED) is 0.103. The van der Waals surface area contributed by atoms with Gasteiger partial charge in [0.05, 0.1) is 18.3 Å². The van der Waals surface area contributed by atoms with E-state index in [-0.39, 0.29) is 17.6 Å². The van der Waals surface area contributed by atoms with Gasteiger partial charge in [-0.05, 0) is 61.6 Å². The fourth-order valence-corrected chi connectivity index (χ4v) is 4.59. The Labute approximate surface area is 227 Å². The normalized spacial score (nSPS) is 13.8. The molecule has 1 aliphatic rings. The largest absolute Gasteiger partial charge is 0.490 e. The highest BCUT2D eigenvalue weighted by atomic mass is 19.2. The number of ether oxygens (including phenoxy) is 3. The first-order valence-corrected chi connectivity index (χ1v) is 14.6. The minimum Gasteiger partial charge on any atom is -0.490 e. The maximum Gasteiger partial charge on any atom is 0.346 e. The fourth-order valence-electron chi connectivity index (χ4n) is 4.59. The Morgan fingerprint density at radius 2 is 1.50 bits per heavy atom. The molecule has 4 nitrogen and oxygen atoms in total. The van der Waals surface area contributed by atoms with Gasteiger partial charge in [0.15, 0.2) is 11.6 Å². The highest BCUT2D eigenvalue weighted by molar-refractivity contribution is 5.91. The molecule has 1 fully saturated rings. The molecule has 0 aromatic heterocycles. The van der Waals surface area contributed by atoms with Crippen LogP contribution in [0.1, 0.15) is 114 Å². The molecule has 0 amide bonds. The molecule has 210 valence electrons. The maximum atomic E-state index is 14.6. The summed E-state index contributed by atoms with van der Waals surface area (Å²) in [5, 5.41) is 0. The number of benzene rings is 2. The summed E-state index contributed by atoms with van der Waals surface area (Å²) >= 11 is 0. The predicted octanol–water partition coefficient (Wildman–Crippen LogP) is 9.44. The van der Waals surface area contributed by atoms with Crippen LogP contribution in [0.2, 0.25) is 0 Å². The van der Waals surface area contributed by atoms with E-state index in [2.05, 4.69) is 13.8 Å². The van der Waals surface area contributed by atoms with Crippen LogP contribution >= 0.6 is 0 Å². The number of esters is 1. The molecule has 1 saturated carbocycles. The van der Waals surface area contributed by atoms with Crippen molar-refractivity contribution in [2.45, 2.75) is 110 Å². The average Bonchev–Trinajstić information content (AvgIpc) is 3.74. The Bertz CT molecular complexity index is 972. The zero-order valence-electron chi connectivity index (χ0n) is 23.1. The Morgan fingerprint density at radius 3 is 2.18 bits per heavy atom. The number of carbonyl (C=O) groups excluding carboxylic acids is 1. The molecule has 3 rings (SSSR count). The predicted molar refractivity (Wildman–Crippen MR) is 147 cm³/mol. The Balaban J connectivity index is 1.42. The summed E-state index contributed by atoms with van der Waals surface area (Å²) in [4.78, 5) is 12.5. The van der Waals surface area contributed by atoms with Crippen molar-refractivity contribution in [2.24, 2.45) is 5.92 Å². The minimum absolute atomic E-state index is 0.146. The van der Waals surface area contributed by atoms with E-state index in [1.807, 2.05) is 0 Å². The second-order valence-electron chi connectivity index (χ2n) is 10.5. The number of unbranched alkanes of at least 4 members (excludes halogenated alkanes) is 6. The van der Waals surface area contributed by atoms with E-state index in [9.17, 15) is 13.6 Å². The molecular formula is C32H44F2O4. The zero-order chi connectivity index (χ0) is 27.2. The average molecular weight is 531 g/mol. The van der Waals surface area contributed by atoms with Gasteiger partial charge >= 0.3 is 5.97 Å². The third-order valence-electron chi connectivity index (χ3n) is 7.06. The third-order valence-corrected chi connectivity index (χ3v) is 7.06. The number of carbonyl (C=O) groups is 1. The summed E-state index contributed by atoms with van der Waals surface area (Å²) in [6.45, 7) is 4.60. The molecule has 0 radical (unpaired) electrons. The van der Waals surface area contributed by atoms with E-state index in [1.165, 1.54) is 50.7 Å². The Morgan fingerprint density at radius 1 is 0.816 bits per heavy atom. The Kier molecular flexibility index (Phi) is 12.9. The summed E-state index contributed by atoms with van der Waals surface area (Å²) in [5.41, 5.74) is -0.469. The number of hydrogen-bond acceptors (Lipinski definition) is 4. The molecule has 6 heteroatoms. The van der Waals surface area contributed by atoms with Crippen molar-refractivity contribution < 1.29 is 27.8 Å². The van der Waals surface area contributed by atoms with E-state index >= 15 is 0 Å². The lowest BCUT2D eigenvalue weighted by atomic mass is 10.1. The molecule has 2 aromatic rings. The lowest BCUT2D eigenvalue weighted by molar-refractivity contribution is 0.0728. The molecule has 0 spiro atoms. The standard InChI is InChI=1S/C32H44F2O4/c1-3-5-14-25(12-4-2)37-26-17-19-27(20-18-26)38-32(35)28-21-22-29(31(34)30(28)33)36-23-11-9-7-6-8-10-13-24-15-16-24/h17-22,24-25H,3-16,23H2,1-2H3. The summed E-state index contributed by atoms with van der Waals surface area (Å²) in [7, 11) is 0. The van der Waals surface area contributed by atoms with Gasteiger partial charge in [0.2, 0.25) is 5.82 Å². The van der Waals surface area contributed by atoms with Crippen LogP contribution < -0.4 is 14.2 Å². The van der Waals surface area contributed by atoms with Gasteiger partial charge in [0.1, 0.15) is 11.5 Å². The Hall–Kier alpha value is -2.63. The van der Waals surface area contributed by atoms with Gasteiger partial charge in [0.25, 0.3) is 0 Å². The van der Waals surface area contributed by atoms with Gasteiger partial charge in [-0.25, -0.2) is 9.18 Å². The van der Waals surface area contributed by atoms with Crippen molar-refractivity contribution in [3.8, 4) is 17.2 Å². The van der Waals surface area contributed by atoms with Crippen molar-refractivity contribution in [3.05, 3.63) is 53.6 Å². The van der Waals surface area contributed by atoms with E-state index < -0.39 is 23.2 Å². The van der Waals surface area contributed by atoms with E-state index in [4.69, 9.17) is 14.2 Å². The van der Waals surface area contributed by atoms with Gasteiger partial charge in [-0.15, -0.1) is 0 Å². The SMILES string of the molecule is CCCCC(CCC)Oc1ccc(OC(=O)c2ccc(OCCCCCCCCC3CC3)c(F)c2F)cc1. The van der Waals surface area contributed by atoms with Crippen LogP contribution in [0.4, 0.5) is 8.78 Å². The number of hydrogen-bond donors (Lipinski definition) is 0. The van der Waals surface area contributed by atoms with Gasteiger partial charge in [-0.1, -0.05) is 84.5 Å². The van der Waals surface area contributed by atoms with Crippen LogP contribution in [-0.2, 0) is 0 Å². The second kappa shape index (κ2) is 16.4. The monoisotopic (exact) mass is 530 g/mol. The molecule has 38 heavy (non-hydrogen) atoms. The molecule has 0 saturated heterocycles. The molecule has 0 aliphatic heterocycles. The molecule has 1 aliphatic carbocycles. The van der Waals surface area contributed by atoms with Gasteiger partial charge in [0, 0.05) is 0 Å². The first-order chi connectivity index (χ1) is 18.5.